The molecule has 0 aliphatic heterocycles. The second-order valence-corrected chi connectivity index (χ2v) is 22.0. The number of hydrogen-bond acceptors (Lipinski definition) is 5. The van der Waals surface area contributed by atoms with E-state index in [2.05, 4.69) is 57.2 Å². The van der Waals surface area contributed by atoms with Gasteiger partial charge in [-0.15, -0.1) is 0 Å². The summed E-state index contributed by atoms with van der Waals surface area (Å²) in [4.78, 5) is 25.6. The summed E-state index contributed by atoms with van der Waals surface area (Å²) >= 11 is 0. The van der Waals surface area contributed by atoms with E-state index in [-0.39, 0.29) is 18.5 Å². The van der Waals surface area contributed by atoms with Crippen molar-refractivity contribution >= 4 is 11.9 Å². The van der Waals surface area contributed by atoms with Crippen molar-refractivity contribution < 1.29 is 23.8 Å². The molecule has 72 heavy (non-hydrogen) atoms. The van der Waals surface area contributed by atoms with Crippen LogP contribution >= 0.6 is 0 Å². The van der Waals surface area contributed by atoms with Crippen molar-refractivity contribution in [2.45, 2.75) is 361 Å². The molecule has 0 amide bonds. The molecular formula is C67H126O5. The van der Waals surface area contributed by atoms with E-state index in [1.807, 2.05) is 0 Å². The molecule has 0 rings (SSSR count). The van der Waals surface area contributed by atoms with Crippen LogP contribution in [-0.4, -0.2) is 37.9 Å². The van der Waals surface area contributed by atoms with Crippen LogP contribution in [0.2, 0.25) is 0 Å². The summed E-state index contributed by atoms with van der Waals surface area (Å²) in [5, 5.41) is 0. The first-order valence-electron chi connectivity index (χ1n) is 32.5. The van der Waals surface area contributed by atoms with Crippen LogP contribution in [0.1, 0.15) is 355 Å². The fourth-order valence-corrected chi connectivity index (χ4v) is 9.82. The number of carbonyl (C=O) groups is 2. The van der Waals surface area contributed by atoms with Gasteiger partial charge in [0.2, 0.25) is 0 Å². The van der Waals surface area contributed by atoms with Gasteiger partial charge in [-0.25, -0.2) is 0 Å². The van der Waals surface area contributed by atoms with Crippen molar-refractivity contribution in [3.8, 4) is 0 Å². The Labute approximate surface area is 450 Å². The highest BCUT2D eigenvalue weighted by atomic mass is 16.6. The minimum Gasteiger partial charge on any atom is -0.462 e. The largest absolute Gasteiger partial charge is 0.462 e. The number of hydrogen-bond donors (Lipinski definition) is 0. The molecule has 0 fully saturated rings. The van der Waals surface area contributed by atoms with Gasteiger partial charge in [-0.05, 0) is 57.8 Å². The molecule has 1 atom stereocenters. The Morgan fingerprint density at radius 2 is 0.583 bits per heavy atom. The van der Waals surface area contributed by atoms with E-state index in [4.69, 9.17) is 14.2 Å². The summed E-state index contributed by atoms with van der Waals surface area (Å²) in [5.74, 6) is -0.385. The third-order valence-corrected chi connectivity index (χ3v) is 14.7. The molecule has 0 aromatic rings. The zero-order chi connectivity index (χ0) is 52.0. The molecule has 0 bridgehead atoms. The normalized spacial score (nSPS) is 12.3. The van der Waals surface area contributed by atoms with Crippen LogP contribution in [0.3, 0.4) is 0 Å². The molecular weight excluding hydrogens is 885 g/mol. The molecule has 0 aliphatic carbocycles. The van der Waals surface area contributed by atoms with Crippen LogP contribution < -0.4 is 0 Å². The lowest BCUT2D eigenvalue weighted by Crippen LogP contribution is -2.30. The second-order valence-electron chi connectivity index (χ2n) is 22.0. The summed E-state index contributed by atoms with van der Waals surface area (Å²) in [6, 6.07) is 0. The minimum absolute atomic E-state index is 0.0857. The molecule has 0 N–H and O–H groups in total. The number of rotatable bonds is 61. The molecule has 0 heterocycles. The lowest BCUT2D eigenvalue weighted by Gasteiger charge is -2.18. The van der Waals surface area contributed by atoms with Gasteiger partial charge in [-0.1, -0.05) is 320 Å². The summed E-state index contributed by atoms with van der Waals surface area (Å²) in [5.41, 5.74) is 0. The maximum absolute atomic E-state index is 12.9. The van der Waals surface area contributed by atoms with Crippen LogP contribution in [0.4, 0.5) is 0 Å². The number of esters is 2. The molecule has 0 saturated carbocycles. The minimum atomic E-state index is -0.537. The SMILES string of the molecule is CCCCC/C=C\C/C=C\C/C=C\CCCCCCCCC(=O)OCC(COCCCCCCCCCCCCCCCCCCCC)OC(=O)CCCCCCCCCCCCCCCCCCCCC. The Bertz CT molecular complexity index is 1140. The third kappa shape index (κ3) is 60.7. The van der Waals surface area contributed by atoms with Crippen LogP contribution in [0, 0.1) is 0 Å². The molecule has 5 nitrogen and oxygen atoms in total. The standard InChI is InChI=1S/C67H126O5/c1-4-7-10-13-16-19-22-25-28-31-34-36-39-42-45-48-51-54-57-60-66(68)71-64-65(63-70-62-59-56-53-50-47-44-41-38-33-30-27-24-21-18-15-12-9-6-3)72-67(69)61-58-55-52-49-46-43-40-37-35-32-29-26-23-20-17-14-11-8-5-2/h16,19,25,28,34,36,65H,4-15,17-18,20-24,26-27,29-33,35,37-64H2,1-3H3/b19-16-,28-25-,36-34-. The number of ether oxygens (including phenoxy) is 3. The predicted octanol–water partition coefficient (Wildman–Crippen LogP) is 22.5. The lowest BCUT2D eigenvalue weighted by atomic mass is 10.0. The smallest absolute Gasteiger partial charge is 0.306 e. The number of unbranched alkanes of at least 4 members (excludes halogenated alkanes) is 44. The summed E-state index contributed by atoms with van der Waals surface area (Å²) in [6.07, 6.45) is 79.0. The van der Waals surface area contributed by atoms with Crippen molar-refractivity contribution in [2.24, 2.45) is 0 Å². The fourth-order valence-electron chi connectivity index (χ4n) is 9.82. The van der Waals surface area contributed by atoms with Gasteiger partial charge in [-0.2, -0.15) is 0 Å². The molecule has 0 saturated heterocycles. The van der Waals surface area contributed by atoms with Crippen molar-refractivity contribution in [1.82, 2.24) is 0 Å². The van der Waals surface area contributed by atoms with E-state index >= 15 is 0 Å². The topological polar surface area (TPSA) is 61.8 Å². The fraction of sp³-hybridized carbons (Fsp3) is 0.881. The van der Waals surface area contributed by atoms with Gasteiger partial charge in [0.25, 0.3) is 0 Å². The molecule has 0 aromatic heterocycles. The van der Waals surface area contributed by atoms with E-state index in [0.717, 1.165) is 57.8 Å². The first-order chi connectivity index (χ1) is 35.6. The van der Waals surface area contributed by atoms with Gasteiger partial charge in [0.1, 0.15) is 6.61 Å². The molecule has 0 radical (unpaired) electrons. The van der Waals surface area contributed by atoms with Gasteiger partial charge in [-0.3, -0.25) is 9.59 Å². The maximum atomic E-state index is 12.9. The van der Waals surface area contributed by atoms with E-state index in [0.29, 0.717) is 26.1 Å². The van der Waals surface area contributed by atoms with E-state index in [9.17, 15) is 9.59 Å². The zero-order valence-corrected chi connectivity index (χ0v) is 49.0. The highest BCUT2D eigenvalue weighted by molar-refractivity contribution is 5.70. The summed E-state index contributed by atoms with van der Waals surface area (Å²) < 4.78 is 17.6. The highest BCUT2D eigenvalue weighted by Gasteiger charge is 2.18. The van der Waals surface area contributed by atoms with Crippen LogP contribution in [0.5, 0.6) is 0 Å². The van der Waals surface area contributed by atoms with E-state index < -0.39 is 6.10 Å². The Kier molecular flexibility index (Phi) is 61.8. The Morgan fingerprint density at radius 1 is 0.306 bits per heavy atom. The summed E-state index contributed by atoms with van der Waals surface area (Å²) in [7, 11) is 0. The van der Waals surface area contributed by atoms with Gasteiger partial charge < -0.3 is 14.2 Å². The Balaban J connectivity index is 4.24. The average molecular weight is 1010 g/mol. The van der Waals surface area contributed by atoms with E-state index in [1.54, 1.807) is 0 Å². The molecule has 424 valence electrons. The van der Waals surface area contributed by atoms with E-state index in [1.165, 1.54) is 263 Å². The molecule has 1 unspecified atom stereocenters. The molecule has 0 aromatic carbocycles. The number of allylic oxidation sites excluding steroid dienone is 6. The van der Waals surface area contributed by atoms with Gasteiger partial charge in [0.05, 0.1) is 6.61 Å². The third-order valence-electron chi connectivity index (χ3n) is 14.7. The molecule has 0 aliphatic rings. The number of carbonyl (C=O) groups excluding carboxylic acids is 2. The van der Waals surface area contributed by atoms with Crippen molar-refractivity contribution in [3.63, 3.8) is 0 Å². The van der Waals surface area contributed by atoms with Gasteiger partial charge in [0, 0.05) is 19.4 Å². The van der Waals surface area contributed by atoms with Crippen LogP contribution in [0.15, 0.2) is 36.5 Å². The predicted molar refractivity (Wildman–Crippen MR) is 316 cm³/mol. The quantitative estimate of drug-likeness (QED) is 0.0345. The molecule has 5 heteroatoms. The molecule has 0 spiro atoms. The second kappa shape index (κ2) is 63.4. The first-order valence-corrected chi connectivity index (χ1v) is 32.5. The Morgan fingerprint density at radius 3 is 0.958 bits per heavy atom. The van der Waals surface area contributed by atoms with Crippen molar-refractivity contribution in [2.75, 3.05) is 19.8 Å². The van der Waals surface area contributed by atoms with Crippen LogP contribution in [0.25, 0.3) is 0 Å². The summed E-state index contributed by atoms with van der Waals surface area (Å²) in [6.45, 7) is 7.88. The average Bonchev–Trinajstić information content (AvgIpc) is 3.38. The van der Waals surface area contributed by atoms with Gasteiger partial charge >= 0.3 is 11.9 Å². The zero-order valence-electron chi connectivity index (χ0n) is 49.0. The van der Waals surface area contributed by atoms with Crippen molar-refractivity contribution in [3.05, 3.63) is 36.5 Å². The monoisotopic (exact) mass is 1010 g/mol. The highest BCUT2D eigenvalue weighted by Crippen LogP contribution is 2.18. The lowest BCUT2D eigenvalue weighted by molar-refractivity contribution is -0.163. The first kappa shape index (κ1) is 70.1. The maximum Gasteiger partial charge on any atom is 0.306 e. The van der Waals surface area contributed by atoms with Gasteiger partial charge in [0.15, 0.2) is 6.10 Å². The van der Waals surface area contributed by atoms with Crippen molar-refractivity contribution in [1.29, 1.82) is 0 Å². The Hall–Kier alpha value is -1.88. The van der Waals surface area contributed by atoms with Crippen LogP contribution in [-0.2, 0) is 23.8 Å².